The number of ether oxygens (including phenoxy) is 1. The molecule has 2 aliphatic rings. The zero-order valence-corrected chi connectivity index (χ0v) is 10.5. The number of carbonyl (C=O) groups is 1. The Morgan fingerprint density at radius 3 is 3.00 bits per heavy atom. The number of allylic oxidation sites excluding steroid dienone is 3. The smallest absolute Gasteiger partial charge is 0.190 e. The van der Waals surface area contributed by atoms with Crippen LogP contribution in [0.25, 0.3) is 0 Å². The summed E-state index contributed by atoms with van der Waals surface area (Å²) in [7, 11) is 0. The van der Waals surface area contributed by atoms with Crippen molar-refractivity contribution in [2.45, 2.75) is 6.10 Å². The van der Waals surface area contributed by atoms with E-state index in [1.54, 1.807) is 12.1 Å². The second-order valence-corrected chi connectivity index (χ2v) is 4.85. The van der Waals surface area contributed by atoms with Gasteiger partial charge in [0.2, 0.25) is 0 Å². The van der Waals surface area contributed by atoms with E-state index < -0.39 is 0 Å². The number of hydrogen-bond acceptors (Lipinski definition) is 2. The van der Waals surface area contributed by atoms with E-state index in [9.17, 15) is 4.79 Å². The molecule has 84 valence electrons. The highest BCUT2D eigenvalue weighted by Gasteiger charge is 2.22. The quantitative estimate of drug-likeness (QED) is 0.731. The topological polar surface area (TPSA) is 26.3 Å². The number of benzene rings is 1. The number of halogens is 1. The fourth-order valence-electron chi connectivity index (χ4n) is 1.94. The van der Waals surface area contributed by atoms with Crippen LogP contribution in [0.15, 0.2) is 58.6 Å². The van der Waals surface area contributed by atoms with Crippen molar-refractivity contribution in [2.24, 2.45) is 0 Å². The molecule has 0 saturated carbocycles. The van der Waals surface area contributed by atoms with Gasteiger partial charge in [-0.25, -0.2) is 0 Å². The van der Waals surface area contributed by atoms with Gasteiger partial charge in [0, 0.05) is 10.0 Å². The number of ketones is 1. The molecule has 0 N–H and O–H groups in total. The fourth-order valence-corrected chi connectivity index (χ4v) is 2.30. The van der Waals surface area contributed by atoms with Gasteiger partial charge in [-0.2, -0.15) is 0 Å². The maximum atomic E-state index is 12.1. The van der Waals surface area contributed by atoms with Crippen LogP contribution in [0.4, 0.5) is 0 Å². The third kappa shape index (κ3) is 1.87. The Hall–Kier alpha value is -1.61. The number of fused-ring (bicyclic) bond motifs is 2. The van der Waals surface area contributed by atoms with Gasteiger partial charge in [-0.05, 0) is 30.4 Å². The van der Waals surface area contributed by atoms with E-state index >= 15 is 0 Å². The first-order valence-corrected chi connectivity index (χ1v) is 6.10. The van der Waals surface area contributed by atoms with E-state index in [1.807, 2.05) is 36.4 Å². The van der Waals surface area contributed by atoms with Crippen LogP contribution in [0.1, 0.15) is 10.4 Å². The van der Waals surface area contributed by atoms with E-state index in [0.29, 0.717) is 11.3 Å². The molecule has 3 heteroatoms. The molecular formula is C14H9BrO2. The predicted octanol–water partition coefficient (Wildman–Crippen LogP) is 3.45. The van der Waals surface area contributed by atoms with Crippen LogP contribution < -0.4 is 4.74 Å². The van der Waals surface area contributed by atoms with E-state index in [-0.39, 0.29) is 11.9 Å². The predicted molar refractivity (Wildman–Crippen MR) is 69.3 cm³/mol. The molecule has 0 fully saturated rings. The lowest BCUT2D eigenvalue weighted by Crippen LogP contribution is -2.16. The molecule has 0 saturated heterocycles. The Labute approximate surface area is 107 Å². The van der Waals surface area contributed by atoms with Crippen LogP contribution in [-0.4, -0.2) is 11.9 Å². The Morgan fingerprint density at radius 2 is 2.12 bits per heavy atom. The van der Waals surface area contributed by atoms with Crippen LogP contribution in [-0.2, 0) is 0 Å². The molecule has 0 amide bonds. The molecule has 0 radical (unpaired) electrons. The molecule has 1 aromatic rings. The van der Waals surface area contributed by atoms with Crippen LogP contribution in [0, 0.1) is 0 Å². The molecule has 1 aliphatic carbocycles. The minimum absolute atomic E-state index is 0.0150. The van der Waals surface area contributed by atoms with Gasteiger partial charge >= 0.3 is 0 Å². The molecule has 0 spiro atoms. The first-order chi connectivity index (χ1) is 8.24. The van der Waals surface area contributed by atoms with Crippen molar-refractivity contribution >= 4 is 21.7 Å². The SMILES string of the molecule is O=C1C=C2C=CC=CC2Oc2ccc(Br)cc21. The van der Waals surface area contributed by atoms with E-state index in [0.717, 1.165) is 10.0 Å². The zero-order chi connectivity index (χ0) is 11.8. The second-order valence-electron chi connectivity index (χ2n) is 3.93. The fraction of sp³-hybridized carbons (Fsp3) is 0.0714. The highest BCUT2D eigenvalue weighted by molar-refractivity contribution is 9.10. The van der Waals surface area contributed by atoms with Crippen molar-refractivity contribution in [1.29, 1.82) is 0 Å². The molecule has 17 heavy (non-hydrogen) atoms. The maximum absolute atomic E-state index is 12.1. The van der Waals surface area contributed by atoms with Crippen LogP contribution in [0.5, 0.6) is 5.75 Å². The van der Waals surface area contributed by atoms with Crippen molar-refractivity contribution in [1.82, 2.24) is 0 Å². The highest BCUT2D eigenvalue weighted by Crippen LogP contribution is 2.30. The van der Waals surface area contributed by atoms with Crippen molar-refractivity contribution in [2.75, 3.05) is 0 Å². The number of hydrogen-bond donors (Lipinski definition) is 0. The first kappa shape index (κ1) is 10.5. The van der Waals surface area contributed by atoms with Gasteiger partial charge in [0.05, 0.1) is 5.56 Å². The molecule has 1 aliphatic heterocycles. The van der Waals surface area contributed by atoms with Gasteiger partial charge < -0.3 is 4.74 Å². The third-order valence-corrected chi connectivity index (χ3v) is 3.27. The lowest BCUT2D eigenvalue weighted by atomic mass is 10.0. The average molecular weight is 289 g/mol. The lowest BCUT2D eigenvalue weighted by molar-refractivity contribution is 0.104. The minimum atomic E-state index is -0.161. The molecule has 1 aromatic carbocycles. The van der Waals surface area contributed by atoms with Crippen molar-refractivity contribution in [3.8, 4) is 5.75 Å². The van der Waals surface area contributed by atoms with E-state index in [2.05, 4.69) is 15.9 Å². The summed E-state index contributed by atoms with van der Waals surface area (Å²) in [5, 5.41) is 0. The van der Waals surface area contributed by atoms with E-state index in [4.69, 9.17) is 4.74 Å². The molecule has 1 atom stereocenters. The Morgan fingerprint density at radius 1 is 1.24 bits per heavy atom. The zero-order valence-electron chi connectivity index (χ0n) is 8.89. The summed E-state index contributed by atoms with van der Waals surface area (Å²) in [4.78, 5) is 12.1. The largest absolute Gasteiger partial charge is 0.481 e. The summed E-state index contributed by atoms with van der Waals surface area (Å²) in [5.74, 6) is 0.619. The number of carbonyl (C=O) groups excluding carboxylic acids is 1. The normalized spacial score (nSPS) is 21.1. The molecular weight excluding hydrogens is 280 g/mol. The summed E-state index contributed by atoms with van der Waals surface area (Å²) < 4.78 is 6.72. The minimum Gasteiger partial charge on any atom is -0.481 e. The Kier molecular flexibility index (Phi) is 2.48. The summed E-state index contributed by atoms with van der Waals surface area (Å²) >= 11 is 3.36. The second kappa shape index (κ2) is 4.00. The molecule has 0 aromatic heterocycles. The number of rotatable bonds is 0. The summed E-state index contributed by atoms with van der Waals surface area (Å²) in [6.07, 6.45) is 9.16. The molecule has 1 unspecified atom stereocenters. The van der Waals surface area contributed by atoms with Crippen molar-refractivity contribution in [3.05, 3.63) is 64.2 Å². The molecule has 3 rings (SSSR count). The maximum Gasteiger partial charge on any atom is 0.190 e. The molecule has 1 heterocycles. The molecule has 2 nitrogen and oxygen atoms in total. The van der Waals surface area contributed by atoms with Gasteiger partial charge in [0.1, 0.15) is 11.9 Å². The van der Waals surface area contributed by atoms with Gasteiger partial charge in [0.25, 0.3) is 0 Å². The molecule has 0 bridgehead atoms. The summed E-state index contributed by atoms with van der Waals surface area (Å²) in [6, 6.07) is 5.49. The lowest BCUT2D eigenvalue weighted by Gasteiger charge is -2.17. The summed E-state index contributed by atoms with van der Waals surface area (Å²) in [5.41, 5.74) is 1.49. The van der Waals surface area contributed by atoms with Crippen molar-refractivity contribution in [3.63, 3.8) is 0 Å². The van der Waals surface area contributed by atoms with Crippen LogP contribution in [0.3, 0.4) is 0 Å². The van der Waals surface area contributed by atoms with Gasteiger partial charge in [-0.1, -0.05) is 34.2 Å². The Bertz CT molecular complexity index is 582. The van der Waals surface area contributed by atoms with Crippen molar-refractivity contribution < 1.29 is 9.53 Å². The average Bonchev–Trinajstić information content (AvgIpc) is 2.46. The third-order valence-electron chi connectivity index (χ3n) is 2.77. The van der Waals surface area contributed by atoms with E-state index in [1.165, 1.54) is 0 Å². The van der Waals surface area contributed by atoms with Gasteiger partial charge in [-0.3, -0.25) is 4.79 Å². The Balaban J connectivity index is 2.14. The van der Waals surface area contributed by atoms with Crippen LogP contribution in [0.2, 0.25) is 0 Å². The van der Waals surface area contributed by atoms with Crippen LogP contribution >= 0.6 is 15.9 Å². The first-order valence-electron chi connectivity index (χ1n) is 5.31. The summed E-state index contributed by atoms with van der Waals surface area (Å²) in [6.45, 7) is 0. The standard InChI is InChI=1S/C14H9BrO2/c15-10-5-6-14-11(8-10)12(16)7-9-3-1-2-4-13(9)17-14/h1-8,13H. The highest BCUT2D eigenvalue weighted by atomic mass is 79.9. The monoisotopic (exact) mass is 288 g/mol. The van der Waals surface area contributed by atoms with Gasteiger partial charge in [-0.15, -0.1) is 0 Å². The van der Waals surface area contributed by atoms with Gasteiger partial charge in [0.15, 0.2) is 5.78 Å².